The number of ether oxygens (including phenoxy) is 1. The molecule has 7 nitrogen and oxygen atoms in total. The van der Waals surface area contributed by atoms with E-state index in [2.05, 4.69) is 5.32 Å². The van der Waals surface area contributed by atoms with Gasteiger partial charge in [0.15, 0.2) is 9.84 Å². The molecule has 1 atom stereocenters. The van der Waals surface area contributed by atoms with Crippen molar-refractivity contribution in [1.29, 1.82) is 0 Å². The van der Waals surface area contributed by atoms with Crippen molar-refractivity contribution in [2.45, 2.75) is 50.6 Å². The molecular formula is C23H28N2O5S. The van der Waals surface area contributed by atoms with Crippen molar-refractivity contribution in [3.8, 4) is 5.75 Å². The van der Waals surface area contributed by atoms with Crippen molar-refractivity contribution in [3.63, 3.8) is 0 Å². The van der Waals surface area contributed by atoms with Gasteiger partial charge in [0.2, 0.25) is 11.8 Å². The third-order valence-corrected chi connectivity index (χ3v) is 7.18. The van der Waals surface area contributed by atoms with Crippen LogP contribution in [0, 0.1) is 0 Å². The lowest BCUT2D eigenvalue weighted by Gasteiger charge is -2.22. The van der Waals surface area contributed by atoms with Crippen molar-refractivity contribution in [1.82, 2.24) is 5.32 Å². The highest BCUT2D eigenvalue weighted by Gasteiger charge is 2.31. The normalized spacial score (nSPS) is 15.5. The van der Waals surface area contributed by atoms with Gasteiger partial charge in [0.1, 0.15) is 5.75 Å². The molecule has 0 saturated carbocycles. The van der Waals surface area contributed by atoms with Crippen LogP contribution in [0.1, 0.15) is 37.8 Å². The molecule has 0 radical (unpaired) electrons. The zero-order chi connectivity index (χ0) is 22.6. The lowest BCUT2D eigenvalue weighted by Crippen LogP contribution is -2.35. The topological polar surface area (TPSA) is 92.8 Å². The van der Waals surface area contributed by atoms with Crippen LogP contribution in [0.3, 0.4) is 0 Å². The smallest absolute Gasteiger partial charge is 0.226 e. The Bertz CT molecular complexity index is 1080. The van der Waals surface area contributed by atoms with Crippen molar-refractivity contribution < 1.29 is 22.7 Å². The van der Waals surface area contributed by atoms with Gasteiger partial charge in [0, 0.05) is 36.7 Å². The van der Waals surface area contributed by atoms with Crippen LogP contribution in [0.25, 0.3) is 0 Å². The first-order valence-electron chi connectivity index (χ1n) is 10.3. The summed E-state index contributed by atoms with van der Waals surface area (Å²) in [6, 6.07) is 12.2. The Kier molecular flexibility index (Phi) is 7.00. The summed E-state index contributed by atoms with van der Waals surface area (Å²) in [5, 5.41) is 2.74. The Hall–Kier alpha value is -2.87. The van der Waals surface area contributed by atoms with Crippen LogP contribution in [0.15, 0.2) is 47.4 Å². The first-order valence-corrected chi connectivity index (χ1v) is 12.0. The van der Waals surface area contributed by atoms with E-state index < -0.39 is 9.84 Å². The lowest BCUT2D eigenvalue weighted by atomic mass is 10.1. The van der Waals surface area contributed by atoms with Crippen LogP contribution < -0.4 is 15.0 Å². The van der Waals surface area contributed by atoms with Gasteiger partial charge in [-0.1, -0.05) is 25.1 Å². The average molecular weight is 445 g/mol. The number of nitrogens with zero attached hydrogens (tertiary/aromatic N) is 1. The molecule has 31 heavy (non-hydrogen) atoms. The second kappa shape index (κ2) is 9.51. The van der Waals surface area contributed by atoms with Gasteiger partial charge in [0.05, 0.1) is 17.8 Å². The molecule has 0 bridgehead atoms. The number of anilines is 1. The molecule has 1 heterocycles. The van der Waals surface area contributed by atoms with E-state index >= 15 is 0 Å². The third-order valence-electron chi connectivity index (χ3n) is 5.46. The zero-order valence-electron chi connectivity index (χ0n) is 18.1. The summed E-state index contributed by atoms with van der Waals surface area (Å²) in [7, 11) is -2.06. The number of sulfone groups is 1. The Balaban J connectivity index is 1.63. The summed E-state index contributed by atoms with van der Waals surface area (Å²) in [4.78, 5) is 26.3. The number of carbonyl (C=O) groups is 2. The van der Waals surface area contributed by atoms with Crippen molar-refractivity contribution in [2.24, 2.45) is 0 Å². The van der Waals surface area contributed by atoms with Gasteiger partial charge in [0.25, 0.3) is 0 Å². The highest BCUT2D eigenvalue weighted by atomic mass is 32.2. The maximum atomic E-state index is 12.8. The van der Waals surface area contributed by atoms with Crippen LogP contribution in [-0.2, 0) is 32.4 Å². The minimum Gasteiger partial charge on any atom is -0.496 e. The van der Waals surface area contributed by atoms with Crippen LogP contribution in [0.2, 0.25) is 0 Å². The Morgan fingerprint density at radius 3 is 2.65 bits per heavy atom. The summed E-state index contributed by atoms with van der Waals surface area (Å²) in [5.74, 6) is 0.0624. The largest absolute Gasteiger partial charge is 0.496 e. The van der Waals surface area contributed by atoms with Gasteiger partial charge in [-0.3, -0.25) is 9.59 Å². The monoisotopic (exact) mass is 444 g/mol. The van der Waals surface area contributed by atoms with Gasteiger partial charge in [-0.05, 0) is 43.2 Å². The molecule has 3 rings (SSSR count). The highest BCUT2D eigenvalue weighted by Crippen LogP contribution is 2.34. The number of amides is 2. The minimum atomic E-state index is -3.62. The first-order chi connectivity index (χ1) is 14.8. The van der Waals surface area contributed by atoms with Gasteiger partial charge < -0.3 is 15.0 Å². The molecule has 1 aliphatic heterocycles. The molecule has 0 spiro atoms. The lowest BCUT2D eigenvalue weighted by molar-refractivity contribution is -0.121. The van der Waals surface area contributed by atoms with E-state index in [1.165, 1.54) is 6.07 Å². The Morgan fingerprint density at radius 1 is 1.19 bits per heavy atom. The van der Waals surface area contributed by atoms with Crippen LogP contribution in [0.5, 0.6) is 5.75 Å². The predicted molar refractivity (Wildman–Crippen MR) is 119 cm³/mol. The van der Waals surface area contributed by atoms with Crippen LogP contribution in [-0.4, -0.2) is 39.1 Å². The number of nitrogens with one attached hydrogen (secondary N) is 1. The molecule has 0 aliphatic carbocycles. The number of fused-ring (bicyclic) bond motifs is 1. The number of methoxy groups -OCH3 is 1. The van der Waals surface area contributed by atoms with Crippen LogP contribution >= 0.6 is 0 Å². The Labute approximate surface area is 183 Å². The zero-order valence-corrected chi connectivity index (χ0v) is 18.9. The maximum Gasteiger partial charge on any atom is 0.226 e. The summed E-state index contributed by atoms with van der Waals surface area (Å²) in [6.45, 7) is 4.03. The fraction of sp³-hybridized carbons (Fsp3) is 0.391. The number of rotatable bonds is 8. The second-order valence-electron chi connectivity index (χ2n) is 7.62. The molecule has 1 aliphatic rings. The van der Waals surface area contributed by atoms with Crippen molar-refractivity contribution in [2.75, 3.05) is 17.8 Å². The maximum absolute atomic E-state index is 12.8. The molecule has 2 aromatic rings. The molecule has 0 unspecified atom stereocenters. The highest BCUT2D eigenvalue weighted by molar-refractivity contribution is 7.91. The quantitative estimate of drug-likeness (QED) is 0.676. The number of hydrogen-bond acceptors (Lipinski definition) is 5. The number of carbonyl (C=O) groups excluding carboxylic acids is 2. The van der Waals surface area contributed by atoms with E-state index in [-0.39, 0.29) is 41.5 Å². The molecule has 0 saturated heterocycles. The molecule has 0 aromatic heterocycles. The van der Waals surface area contributed by atoms with E-state index in [4.69, 9.17) is 4.74 Å². The average Bonchev–Trinajstić information content (AvgIpc) is 3.10. The molecule has 166 valence electrons. The first kappa shape index (κ1) is 22.8. The van der Waals surface area contributed by atoms with E-state index in [1.54, 1.807) is 30.2 Å². The van der Waals surface area contributed by atoms with Gasteiger partial charge in [-0.2, -0.15) is 0 Å². The van der Waals surface area contributed by atoms with Crippen LogP contribution in [0.4, 0.5) is 5.69 Å². The molecule has 2 amide bonds. The summed E-state index contributed by atoms with van der Waals surface area (Å²) in [5.41, 5.74) is 2.43. The van der Waals surface area contributed by atoms with E-state index in [1.807, 2.05) is 32.0 Å². The summed E-state index contributed by atoms with van der Waals surface area (Å²) in [6.07, 6.45) is 0.878. The van der Waals surface area contributed by atoms with Gasteiger partial charge in [-0.25, -0.2) is 8.42 Å². The van der Waals surface area contributed by atoms with E-state index in [0.717, 1.165) is 16.8 Å². The van der Waals surface area contributed by atoms with Gasteiger partial charge >= 0.3 is 0 Å². The molecule has 0 fully saturated rings. The second-order valence-corrected chi connectivity index (χ2v) is 9.73. The third kappa shape index (κ3) is 5.07. The number of para-hydroxylation sites is 1. The summed E-state index contributed by atoms with van der Waals surface area (Å²) < 4.78 is 30.8. The standard InChI is InChI=1S/C23H28N2O5S/c1-4-23(27)25-16(2)13-18-14-19(9-10-20(18)25)31(28,29)12-11-22(26)24-15-17-7-5-6-8-21(17)30-3/h5-10,14,16H,4,11-13,15H2,1-3H3,(H,24,26)/t16-/m1/s1. The number of hydrogen-bond donors (Lipinski definition) is 1. The fourth-order valence-electron chi connectivity index (χ4n) is 3.83. The van der Waals surface area contributed by atoms with Crippen molar-refractivity contribution >= 4 is 27.3 Å². The fourth-order valence-corrected chi connectivity index (χ4v) is 5.11. The molecular weight excluding hydrogens is 416 g/mol. The van der Waals surface area contributed by atoms with E-state index in [0.29, 0.717) is 18.6 Å². The van der Waals surface area contributed by atoms with Gasteiger partial charge in [-0.15, -0.1) is 0 Å². The molecule has 8 heteroatoms. The predicted octanol–water partition coefficient (Wildman–Crippen LogP) is 2.86. The number of benzene rings is 2. The molecule has 2 aromatic carbocycles. The van der Waals surface area contributed by atoms with E-state index in [9.17, 15) is 18.0 Å². The van der Waals surface area contributed by atoms with Crippen molar-refractivity contribution in [3.05, 3.63) is 53.6 Å². The Morgan fingerprint density at radius 2 is 1.94 bits per heavy atom. The summed E-state index contributed by atoms with van der Waals surface area (Å²) >= 11 is 0. The molecule has 1 N–H and O–H groups in total. The SMILES string of the molecule is CCC(=O)N1c2ccc(S(=O)(=O)CCC(=O)NCc3ccccc3OC)cc2C[C@H]1C. The minimum absolute atomic E-state index is 0.00107.